The fourth-order valence-electron chi connectivity index (χ4n) is 3.25. The van der Waals surface area contributed by atoms with E-state index in [1.165, 1.54) is 28.6 Å². The first-order valence-corrected chi connectivity index (χ1v) is 10.6. The van der Waals surface area contributed by atoms with Gasteiger partial charge in [0, 0.05) is 25.9 Å². The molecular formula is C14H21ClN2O4S2. The quantitative estimate of drug-likeness (QED) is 0.841. The van der Waals surface area contributed by atoms with Crippen molar-refractivity contribution >= 4 is 32.3 Å². The largest absolute Gasteiger partial charge is 0.316 e. The fraction of sp³-hybridized carbons (Fsp3) is 0.571. The molecule has 2 saturated heterocycles. The van der Waals surface area contributed by atoms with Gasteiger partial charge in [0.05, 0.1) is 9.79 Å². The zero-order valence-corrected chi connectivity index (χ0v) is 15.3. The van der Waals surface area contributed by atoms with E-state index in [9.17, 15) is 16.8 Å². The summed E-state index contributed by atoms with van der Waals surface area (Å²) < 4.78 is 49.8. The van der Waals surface area contributed by atoms with Crippen LogP contribution in [0.4, 0.5) is 0 Å². The minimum atomic E-state index is -3.55. The molecule has 1 atom stereocenters. The predicted molar refractivity (Wildman–Crippen MR) is 90.1 cm³/mol. The van der Waals surface area contributed by atoms with Crippen LogP contribution in [0.2, 0.25) is 0 Å². The van der Waals surface area contributed by atoms with Gasteiger partial charge in [-0.3, -0.25) is 0 Å². The number of hydrogen-bond acceptors (Lipinski definition) is 5. The van der Waals surface area contributed by atoms with Crippen LogP contribution in [0.25, 0.3) is 0 Å². The molecule has 0 amide bonds. The molecule has 2 fully saturated rings. The van der Waals surface area contributed by atoms with Gasteiger partial charge in [0.2, 0.25) is 10.0 Å². The zero-order chi connectivity index (χ0) is 16.0. The van der Waals surface area contributed by atoms with Crippen molar-refractivity contribution in [1.29, 1.82) is 0 Å². The highest BCUT2D eigenvalue weighted by atomic mass is 35.5. The predicted octanol–water partition coefficient (Wildman–Crippen LogP) is 0.886. The number of hydrogen-bond donors (Lipinski definition) is 1. The van der Waals surface area contributed by atoms with Gasteiger partial charge in [-0.2, -0.15) is 4.31 Å². The normalized spacial score (nSPS) is 25.6. The molecule has 0 aliphatic carbocycles. The van der Waals surface area contributed by atoms with E-state index in [1.54, 1.807) is 0 Å². The van der Waals surface area contributed by atoms with E-state index < -0.39 is 19.9 Å². The van der Waals surface area contributed by atoms with Gasteiger partial charge in [-0.1, -0.05) is 0 Å². The van der Waals surface area contributed by atoms with E-state index in [4.69, 9.17) is 0 Å². The molecule has 0 radical (unpaired) electrons. The average molecular weight is 381 g/mol. The molecule has 1 N–H and O–H groups in total. The van der Waals surface area contributed by atoms with E-state index in [1.807, 2.05) is 0 Å². The Morgan fingerprint density at radius 1 is 1.04 bits per heavy atom. The van der Waals surface area contributed by atoms with Crippen LogP contribution in [-0.2, 0) is 19.9 Å². The summed E-state index contributed by atoms with van der Waals surface area (Å²) in [6.45, 7) is 2.87. The number of nitrogens with one attached hydrogen (secondary N) is 1. The molecule has 2 heterocycles. The van der Waals surface area contributed by atoms with E-state index in [0.29, 0.717) is 13.1 Å². The van der Waals surface area contributed by atoms with Crippen LogP contribution in [0.5, 0.6) is 0 Å². The Hall–Kier alpha value is -0.670. The molecule has 1 spiro atoms. The minimum absolute atomic E-state index is 0. The number of benzene rings is 1. The Balaban J connectivity index is 0.00000192. The standard InChI is InChI=1S/C14H20N2O4S2.ClH/c1-21(17,18)12-2-4-13(5-3-12)22(19,20)16-9-7-14(11-16)6-8-15-10-14;/h2-5,15H,6-11H2,1H3;1H. The molecule has 1 unspecified atom stereocenters. The molecule has 2 aliphatic rings. The van der Waals surface area contributed by atoms with E-state index >= 15 is 0 Å². The third-order valence-corrected chi connectivity index (χ3v) is 7.61. The van der Waals surface area contributed by atoms with Crippen LogP contribution in [-0.4, -0.2) is 53.6 Å². The minimum Gasteiger partial charge on any atom is -0.316 e. The Bertz CT molecular complexity index is 770. The van der Waals surface area contributed by atoms with Crippen molar-refractivity contribution in [2.24, 2.45) is 5.41 Å². The molecular weight excluding hydrogens is 360 g/mol. The lowest BCUT2D eigenvalue weighted by molar-refractivity contribution is 0.338. The number of halogens is 1. The topological polar surface area (TPSA) is 83.5 Å². The summed E-state index contributed by atoms with van der Waals surface area (Å²) in [5.41, 5.74) is 0.0692. The van der Waals surface area contributed by atoms with Crippen molar-refractivity contribution in [3.63, 3.8) is 0 Å². The fourth-order valence-corrected chi connectivity index (χ4v) is 5.44. The molecule has 9 heteroatoms. The first kappa shape index (κ1) is 18.7. The molecule has 0 saturated carbocycles. The monoisotopic (exact) mass is 380 g/mol. The summed E-state index contributed by atoms with van der Waals surface area (Å²) in [7, 11) is -6.87. The van der Waals surface area contributed by atoms with Gasteiger partial charge in [0.15, 0.2) is 9.84 Å². The van der Waals surface area contributed by atoms with Gasteiger partial charge in [0.1, 0.15) is 0 Å². The van der Waals surface area contributed by atoms with Crippen molar-refractivity contribution in [2.45, 2.75) is 22.6 Å². The summed E-state index contributed by atoms with van der Waals surface area (Å²) in [5.74, 6) is 0. The first-order chi connectivity index (χ1) is 10.2. The molecule has 23 heavy (non-hydrogen) atoms. The number of sulfone groups is 1. The van der Waals surface area contributed by atoms with Crippen molar-refractivity contribution in [3.8, 4) is 0 Å². The van der Waals surface area contributed by atoms with Gasteiger partial charge >= 0.3 is 0 Å². The molecule has 2 aliphatic heterocycles. The van der Waals surface area contributed by atoms with Crippen LogP contribution in [0.3, 0.4) is 0 Å². The highest BCUT2D eigenvalue weighted by Gasteiger charge is 2.44. The molecule has 1 aromatic carbocycles. The molecule has 1 aromatic rings. The maximum atomic E-state index is 12.7. The van der Waals surface area contributed by atoms with Gasteiger partial charge in [0.25, 0.3) is 0 Å². The maximum Gasteiger partial charge on any atom is 0.243 e. The van der Waals surface area contributed by atoms with Crippen molar-refractivity contribution in [1.82, 2.24) is 9.62 Å². The van der Waals surface area contributed by atoms with Crippen LogP contribution in [0.15, 0.2) is 34.1 Å². The van der Waals surface area contributed by atoms with Crippen molar-refractivity contribution in [3.05, 3.63) is 24.3 Å². The van der Waals surface area contributed by atoms with E-state index in [0.717, 1.165) is 32.2 Å². The molecule has 3 rings (SSSR count). The van der Waals surface area contributed by atoms with E-state index in [2.05, 4.69) is 5.32 Å². The SMILES string of the molecule is CS(=O)(=O)c1ccc(S(=O)(=O)N2CCC3(CCNC3)C2)cc1.Cl. The lowest BCUT2D eigenvalue weighted by Gasteiger charge is -2.22. The van der Waals surface area contributed by atoms with Crippen LogP contribution in [0, 0.1) is 5.41 Å². The Kier molecular flexibility index (Phi) is 5.13. The van der Waals surface area contributed by atoms with Crippen molar-refractivity contribution < 1.29 is 16.8 Å². The lowest BCUT2D eigenvalue weighted by atomic mass is 9.87. The molecule has 0 aromatic heterocycles. The molecule has 130 valence electrons. The number of rotatable bonds is 3. The van der Waals surface area contributed by atoms with Gasteiger partial charge in [-0.25, -0.2) is 16.8 Å². The Morgan fingerprint density at radius 3 is 2.17 bits per heavy atom. The number of sulfonamides is 1. The van der Waals surface area contributed by atoms with E-state index in [-0.39, 0.29) is 27.6 Å². The summed E-state index contributed by atoms with van der Waals surface area (Å²) in [6.07, 6.45) is 2.99. The zero-order valence-electron chi connectivity index (χ0n) is 12.9. The third kappa shape index (κ3) is 3.56. The van der Waals surface area contributed by atoms with Crippen LogP contribution >= 0.6 is 12.4 Å². The summed E-state index contributed by atoms with van der Waals surface area (Å²) >= 11 is 0. The third-order valence-electron chi connectivity index (χ3n) is 4.63. The Morgan fingerprint density at radius 2 is 1.65 bits per heavy atom. The van der Waals surface area contributed by atoms with Crippen LogP contribution in [0.1, 0.15) is 12.8 Å². The van der Waals surface area contributed by atoms with Crippen molar-refractivity contribution in [2.75, 3.05) is 32.4 Å². The highest BCUT2D eigenvalue weighted by Crippen LogP contribution is 2.38. The molecule has 6 nitrogen and oxygen atoms in total. The highest BCUT2D eigenvalue weighted by molar-refractivity contribution is 7.90. The van der Waals surface area contributed by atoms with Gasteiger partial charge < -0.3 is 5.32 Å². The second-order valence-electron chi connectivity index (χ2n) is 6.26. The van der Waals surface area contributed by atoms with Gasteiger partial charge in [-0.15, -0.1) is 12.4 Å². The smallest absolute Gasteiger partial charge is 0.243 e. The second kappa shape index (κ2) is 6.33. The lowest BCUT2D eigenvalue weighted by Crippen LogP contribution is -2.33. The first-order valence-electron chi connectivity index (χ1n) is 7.24. The van der Waals surface area contributed by atoms with Crippen LogP contribution < -0.4 is 5.32 Å². The van der Waals surface area contributed by atoms with Gasteiger partial charge in [-0.05, 0) is 49.1 Å². The number of nitrogens with zero attached hydrogens (tertiary/aromatic N) is 1. The summed E-state index contributed by atoms with van der Waals surface area (Å²) in [4.78, 5) is 0.284. The molecule has 0 bridgehead atoms. The average Bonchev–Trinajstić information content (AvgIpc) is 3.09. The summed E-state index contributed by atoms with van der Waals surface area (Å²) in [6, 6.07) is 5.46. The Labute approximate surface area is 143 Å². The second-order valence-corrected chi connectivity index (χ2v) is 10.2. The maximum absolute atomic E-state index is 12.7. The summed E-state index contributed by atoms with van der Waals surface area (Å²) in [5, 5.41) is 3.30.